The van der Waals surface area contributed by atoms with E-state index in [0.29, 0.717) is 5.69 Å². The van der Waals surface area contributed by atoms with E-state index in [1.54, 1.807) is 0 Å². The van der Waals surface area contributed by atoms with Crippen LogP contribution in [0.3, 0.4) is 0 Å². The number of imidazole rings is 1. The number of nitrogen functional groups attached to an aromatic ring is 1. The highest BCUT2D eigenvalue weighted by molar-refractivity contribution is 7.99. The minimum absolute atomic E-state index is 0.229. The molecule has 4 N–H and O–H groups in total. The number of nitrogens with two attached hydrogens (primary N) is 2. The zero-order valence-corrected chi connectivity index (χ0v) is 9.62. The van der Waals surface area contributed by atoms with Gasteiger partial charge in [0.15, 0.2) is 5.16 Å². The first-order chi connectivity index (χ1) is 7.58. The van der Waals surface area contributed by atoms with Crippen LogP contribution in [0.4, 0.5) is 5.69 Å². The summed E-state index contributed by atoms with van der Waals surface area (Å²) in [5.74, 6) is -0.122. The van der Waals surface area contributed by atoms with E-state index in [0.717, 1.165) is 16.2 Å². The third-order valence-corrected chi connectivity index (χ3v) is 3.26. The van der Waals surface area contributed by atoms with Crippen molar-refractivity contribution in [3.8, 4) is 0 Å². The Bertz CT molecular complexity index is 549. The van der Waals surface area contributed by atoms with E-state index in [2.05, 4.69) is 4.98 Å². The van der Waals surface area contributed by atoms with Crippen molar-refractivity contribution >= 4 is 34.4 Å². The Hall–Kier alpha value is -1.69. The lowest BCUT2D eigenvalue weighted by Crippen LogP contribution is -2.13. The monoisotopic (exact) mass is 236 g/mol. The van der Waals surface area contributed by atoms with Gasteiger partial charge in [-0.25, -0.2) is 4.98 Å². The van der Waals surface area contributed by atoms with Crippen LogP contribution in [0.5, 0.6) is 0 Å². The van der Waals surface area contributed by atoms with Crippen LogP contribution >= 0.6 is 11.8 Å². The molecule has 0 saturated carbocycles. The first kappa shape index (κ1) is 10.8. The van der Waals surface area contributed by atoms with Gasteiger partial charge in [-0.15, -0.1) is 0 Å². The fourth-order valence-corrected chi connectivity index (χ4v) is 2.19. The van der Waals surface area contributed by atoms with Gasteiger partial charge in [0.2, 0.25) is 5.91 Å². The molecule has 2 aromatic rings. The van der Waals surface area contributed by atoms with E-state index < -0.39 is 0 Å². The first-order valence-electron chi connectivity index (χ1n) is 4.71. The molecule has 1 amide bonds. The van der Waals surface area contributed by atoms with Gasteiger partial charge >= 0.3 is 0 Å². The molecule has 6 heteroatoms. The van der Waals surface area contributed by atoms with Crippen molar-refractivity contribution in [3.05, 3.63) is 18.2 Å². The zero-order chi connectivity index (χ0) is 11.7. The van der Waals surface area contributed by atoms with Crippen LogP contribution in [-0.2, 0) is 11.8 Å². The molecule has 0 aliphatic rings. The van der Waals surface area contributed by atoms with Gasteiger partial charge in [0.1, 0.15) is 0 Å². The van der Waals surface area contributed by atoms with Crippen molar-refractivity contribution in [1.29, 1.82) is 0 Å². The van der Waals surface area contributed by atoms with Gasteiger partial charge in [0.05, 0.1) is 16.8 Å². The molecule has 0 spiro atoms. The quantitative estimate of drug-likeness (QED) is 0.607. The maximum absolute atomic E-state index is 10.7. The third kappa shape index (κ3) is 1.96. The summed E-state index contributed by atoms with van der Waals surface area (Å²) >= 11 is 1.32. The van der Waals surface area contributed by atoms with Gasteiger partial charge in [-0.05, 0) is 18.2 Å². The highest BCUT2D eigenvalue weighted by Crippen LogP contribution is 2.23. The molecule has 0 radical (unpaired) electrons. The van der Waals surface area contributed by atoms with Crippen molar-refractivity contribution in [2.75, 3.05) is 11.5 Å². The van der Waals surface area contributed by atoms with Gasteiger partial charge < -0.3 is 16.0 Å². The lowest BCUT2D eigenvalue weighted by Gasteiger charge is -1.99. The number of anilines is 1. The number of primary amides is 1. The van der Waals surface area contributed by atoms with Crippen LogP contribution in [0.15, 0.2) is 23.4 Å². The second-order valence-corrected chi connectivity index (χ2v) is 4.40. The molecule has 5 nitrogen and oxygen atoms in total. The Morgan fingerprint density at radius 3 is 3.00 bits per heavy atom. The second-order valence-electron chi connectivity index (χ2n) is 3.46. The van der Waals surface area contributed by atoms with Crippen molar-refractivity contribution in [2.45, 2.75) is 5.16 Å². The number of carbonyl (C=O) groups is 1. The fraction of sp³-hybridized carbons (Fsp3) is 0.200. The van der Waals surface area contributed by atoms with Crippen molar-refractivity contribution < 1.29 is 4.79 Å². The topological polar surface area (TPSA) is 86.9 Å². The Labute approximate surface area is 96.8 Å². The number of aromatic nitrogens is 2. The van der Waals surface area contributed by atoms with Crippen LogP contribution in [0.1, 0.15) is 0 Å². The summed E-state index contributed by atoms with van der Waals surface area (Å²) in [5, 5.41) is 0.763. The minimum Gasteiger partial charge on any atom is -0.399 e. The molecule has 0 aliphatic heterocycles. The van der Waals surface area contributed by atoms with Crippen LogP contribution in [-0.4, -0.2) is 21.2 Å². The molecule has 0 unspecified atom stereocenters. The molecular weight excluding hydrogens is 224 g/mol. The Balaban J connectivity index is 2.39. The number of amides is 1. The van der Waals surface area contributed by atoms with Crippen LogP contribution < -0.4 is 11.5 Å². The smallest absolute Gasteiger partial charge is 0.227 e. The molecule has 16 heavy (non-hydrogen) atoms. The van der Waals surface area contributed by atoms with Gasteiger partial charge in [-0.1, -0.05) is 11.8 Å². The summed E-state index contributed by atoms with van der Waals surface area (Å²) < 4.78 is 1.92. The Kier molecular flexibility index (Phi) is 2.74. The summed E-state index contributed by atoms with van der Waals surface area (Å²) in [5.41, 5.74) is 13.3. The van der Waals surface area contributed by atoms with E-state index in [4.69, 9.17) is 11.5 Å². The van der Waals surface area contributed by atoms with Gasteiger partial charge in [0.25, 0.3) is 0 Å². The maximum Gasteiger partial charge on any atom is 0.227 e. The second kappa shape index (κ2) is 4.05. The van der Waals surface area contributed by atoms with E-state index in [9.17, 15) is 4.79 Å². The summed E-state index contributed by atoms with van der Waals surface area (Å²) in [4.78, 5) is 15.1. The van der Waals surface area contributed by atoms with Crippen LogP contribution in [0, 0.1) is 0 Å². The highest BCUT2D eigenvalue weighted by Gasteiger charge is 2.09. The molecule has 0 saturated heterocycles. The number of nitrogens with zero attached hydrogens (tertiary/aromatic N) is 2. The van der Waals surface area contributed by atoms with Gasteiger partial charge in [-0.3, -0.25) is 4.79 Å². The molecule has 1 heterocycles. The average Bonchev–Trinajstić information content (AvgIpc) is 2.52. The highest BCUT2D eigenvalue weighted by atomic mass is 32.2. The number of hydrogen-bond acceptors (Lipinski definition) is 4. The third-order valence-electron chi connectivity index (χ3n) is 2.21. The molecular formula is C10H12N4OS. The molecule has 0 atom stereocenters. The molecule has 84 valence electrons. The number of fused-ring (bicyclic) bond motifs is 1. The molecule has 0 fully saturated rings. The largest absolute Gasteiger partial charge is 0.399 e. The Morgan fingerprint density at radius 1 is 1.56 bits per heavy atom. The number of aryl methyl sites for hydroxylation is 1. The zero-order valence-electron chi connectivity index (χ0n) is 8.80. The standard InChI is InChI=1S/C10H12N4OS/c1-14-8-3-2-6(11)4-7(8)13-10(14)16-5-9(12)15/h2-4H,5,11H2,1H3,(H2,12,15). The van der Waals surface area contributed by atoms with Crippen molar-refractivity contribution in [3.63, 3.8) is 0 Å². The fourth-order valence-electron chi connectivity index (χ4n) is 1.46. The first-order valence-corrected chi connectivity index (χ1v) is 5.69. The number of benzene rings is 1. The molecule has 0 bridgehead atoms. The maximum atomic E-state index is 10.7. The summed E-state index contributed by atoms with van der Waals surface area (Å²) in [6.07, 6.45) is 0. The van der Waals surface area contributed by atoms with Crippen LogP contribution in [0.25, 0.3) is 11.0 Å². The van der Waals surface area contributed by atoms with E-state index in [1.807, 2.05) is 29.8 Å². The van der Waals surface area contributed by atoms with Crippen LogP contribution in [0.2, 0.25) is 0 Å². The van der Waals surface area contributed by atoms with E-state index in [-0.39, 0.29) is 11.7 Å². The minimum atomic E-state index is -0.350. The summed E-state index contributed by atoms with van der Waals surface area (Å²) in [6, 6.07) is 5.54. The number of carbonyl (C=O) groups excluding carboxylic acids is 1. The van der Waals surface area contributed by atoms with E-state index >= 15 is 0 Å². The summed E-state index contributed by atoms with van der Waals surface area (Å²) in [7, 11) is 1.90. The van der Waals surface area contributed by atoms with Crippen molar-refractivity contribution in [2.24, 2.45) is 12.8 Å². The number of hydrogen-bond donors (Lipinski definition) is 2. The SMILES string of the molecule is Cn1c(SCC(N)=O)nc2cc(N)ccc21. The lowest BCUT2D eigenvalue weighted by atomic mass is 10.3. The molecule has 1 aromatic heterocycles. The van der Waals surface area contributed by atoms with Crippen molar-refractivity contribution in [1.82, 2.24) is 9.55 Å². The predicted molar refractivity (Wildman–Crippen MR) is 65.0 cm³/mol. The summed E-state index contributed by atoms with van der Waals surface area (Å²) in [6.45, 7) is 0. The average molecular weight is 236 g/mol. The van der Waals surface area contributed by atoms with Gasteiger partial charge in [-0.2, -0.15) is 0 Å². The number of thioether (sulfide) groups is 1. The van der Waals surface area contributed by atoms with E-state index in [1.165, 1.54) is 11.8 Å². The number of rotatable bonds is 3. The normalized spacial score (nSPS) is 10.8. The lowest BCUT2D eigenvalue weighted by molar-refractivity contribution is -0.115. The molecule has 2 rings (SSSR count). The Morgan fingerprint density at radius 2 is 2.31 bits per heavy atom. The molecule has 1 aromatic carbocycles. The predicted octanol–water partition coefficient (Wildman–Crippen LogP) is 0.733. The molecule has 0 aliphatic carbocycles. The van der Waals surface area contributed by atoms with Gasteiger partial charge in [0, 0.05) is 12.7 Å².